The van der Waals surface area contributed by atoms with Crippen LogP contribution in [0.4, 0.5) is 0 Å². The lowest BCUT2D eigenvalue weighted by molar-refractivity contribution is -0.141. The molecule has 0 N–H and O–H groups in total. The molecule has 0 bridgehead atoms. The lowest BCUT2D eigenvalue weighted by atomic mass is 9.79. The lowest BCUT2D eigenvalue weighted by Gasteiger charge is -2.54. The highest BCUT2D eigenvalue weighted by atomic mass is 16.5. The molecule has 3 aliphatic rings. The molecule has 0 aromatic rings. The van der Waals surface area contributed by atoms with Crippen molar-refractivity contribution in [2.24, 2.45) is 11.8 Å². The van der Waals surface area contributed by atoms with Gasteiger partial charge in [0.15, 0.2) is 0 Å². The quantitative estimate of drug-likeness (QED) is 0.786. The van der Waals surface area contributed by atoms with Gasteiger partial charge in [-0.1, -0.05) is 0 Å². The average molecular weight is 280 g/mol. The maximum absolute atomic E-state index is 12.1. The van der Waals surface area contributed by atoms with Crippen LogP contribution < -0.4 is 0 Å². The second kappa shape index (κ2) is 5.64. The van der Waals surface area contributed by atoms with E-state index >= 15 is 0 Å². The minimum absolute atomic E-state index is 0.370. The Morgan fingerprint density at radius 2 is 1.80 bits per heavy atom. The van der Waals surface area contributed by atoms with E-state index in [1.165, 1.54) is 0 Å². The van der Waals surface area contributed by atoms with E-state index in [1.54, 1.807) is 0 Å². The number of nitrogens with zero attached hydrogens (tertiary/aromatic N) is 2. The summed E-state index contributed by atoms with van der Waals surface area (Å²) < 4.78 is 5.63. The molecule has 2 heterocycles. The van der Waals surface area contributed by atoms with E-state index < -0.39 is 0 Å². The van der Waals surface area contributed by atoms with Crippen molar-refractivity contribution in [2.75, 3.05) is 26.7 Å². The molecule has 4 heteroatoms. The van der Waals surface area contributed by atoms with Crippen molar-refractivity contribution in [1.82, 2.24) is 9.80 Å². The summed E-state index contributed by atoms with van der Waals surface area (Å²) >= 11 is 0. The number of amides is 1. The van der Waals surface area contributed by atoms with Crippen LogP contribution in [0.5, 0.6) is 0 Å². The highest BCUT2D eigenvalue weighted by Gasteiger charge is 2.46. The Bertz CT molecular complexity index is 359. The summed E-state index contributed by atoms with van der Waals surface area (Å²) in [4.78, 5) is 16.8. The summed E-state index contributed by atoms with van der Waals surface area (Å²) in [7, 11) is 1.83. The molecule has 1 saturated carbocycles. The summed E-state index contributed by atoms with van der Waals surface area (Å²) in [6.45, 7) is 7.52. The molecule has 0 aromatic carbocycles. The fourth-order valence-corrected chi connectivity index (χ4v) is 3.91. The minimum atomic E-state index is 0.370. The summed E-state index contributed by atoms with van der Waals surface area (Å²) in [5, 5.41) is 0. The van der Waals surface area contributed by atoms with Crippen molar-refractivity contribution < 1.29 is 9.53 Å². The second-order valence-corrected chi connectivity index (χ2v) is 6.99. The first kappa shape index (κ1) is 14.3. The highest BCUT2D eigenvalue weighted by molar-refractivity contribution is 5.81. The van der Waals surface area contributed by atoms with Crippen LogP contribution in [0.15, 0.2) is 0 Å². The number of methoxy groups -OCH3 is 1. The fraction of sp³-hybridized carbons (Fsp3) is 0.938. The van der Waals surface area contributed by atoms with Gasteiger partial charge in [-0.3, -0.25) is 9.69 Å². The first-order chi connectivity index (χ1) is 9.61. The molecule has 2 saturated heterocycles. The molecule has 3 fully saturated rings. The molecule has 2 atom stereocenters. The summed E-state index contributed by atoms with van der Waals surface area (Å²) in [6, 6.07) is 1.16. The van der Waals surface area contributed by atoms with Gasteiger partial charge in [0.2, 0.25) is 5.91 Å². The fourth-order valence-electron chi connectivity index (χ4n) is 3.91. The highest BCUT2D eigenvalue weighted by Crippen LogP contribution is 2.37. The smallest absolute Gasteiger partial charge is 0.225 e. The van der Waals surface area contributed by atoms with Crippen molar-refractivity contribution in [3.63, 3.8) is 0 Å². The monoisotopic (exact) mass is 280 g/mol. The van der Waals surface area contributed by atoms with E-state index in [9.17, 15) is 4.79 Å². The predicted molar refractivity (Wildman–Crippen MR) is 78.5 cm³/mol. The van der Waals surface area contributed by atoms with Crippen LogP contribution in [0, 0.1) is 11.8 Å². The van der Waals surface area contributed by atoms with Gasteiger partial charge in [0.25, 0.3) is 0 Å². The van der Waals surface area contributed by atoms with Gasteiger partial charge < -0.3 is 9.64 Å². The zero-order valence-corrected chi connectivity index (χ0v) is 13.0. The van der Waals surface area contributed by atoms with Crippen LogP contribution in [-0.4, -0.2) is 60.6 Å². The zero-order valence-electron chi connectivity index (χ0n) is 13.0. The molecule has 1 aliphatic carbocycles. The zero-order chi connectivity index (χ0) is 14.3. The van der Waals surface area contributed by atoms with Gasteiger partial charge in [-0.25, -0.2) is 0 Å². The molecule has 114 valence electrons. The molecule has 0 spiro atoms. The van der Waals surface area contributed by atoms with Crippen molar-refractivity contribution in [2.45, 2.75) is 57.7 Å². The number of carbonyl (C=O) groups excluding carboxylic acids is 1. The third kappa shape index (κ3) is 2.60. The lowest BCUT2D eigenvalue weighted by Crippen LogP contribution is -2.66. The SMILES string of the molecule is CO[C@H]1CN(C(C)C)[C@H]1C1CCN(C(=O)C2CC2)CC1. The normalized spacial score (nSPS) is 32.5. The Morgan fingerprint density at radius 1 is 1.15 bits per heavy atom. The Labute approximate surface area is 122 Å². The van der Waals surface area contributed by atoms with Gasteiger partial charge in [0, 0.05) is 44.7 Å². The molecule has 20 heavy (non-hydrogen) atoms. The Balaban J connectivity index is 1.55. The largest absolute Gasteiger partial charge is 0.378 e. The molecule has 3 rings (SSSR count). The van der Waals surface area contributed by atoms with Gasteiger partial charge in [0.05, 0.1) is 6.10 Å². The van der Waals surface area contributed by atoms with E-state index in [-0.39, 0.29) is 0 Å². The van der Waals surface area contributed by atoms with Gasteiger partial charge >= 0.3 is 0 Å². The van der Waals surface area contributed by atoms with Gasteiger partial charge in [-0.2, -0.15) is 0 Å². The number of ether oxygens (including phenoxy) is 1. The maximum atomic E-state index is 12.1. The second-order valence-electron chi connectivity index (χ2n) is 6.99. The molecule has 0 aromatic heterocycles. The maximum Gasteiger partial charge on any atom is 0.225 e. The number of hydrogen-bond acceptors (Lipinski definition) is 3. The van der Waals surface area contributed by atoms with E-state index in [0.29, 0.717) is 35.9 Å². The molecule has 0 radical (unpaired) electrons. The first-order valence-electron chi connectivity index (χ1n) is 8.19. The standard InChI is InChI=1S/C16H28N2O2/c1-11(2)18-10-14(20-3)15(18)12-6-8-17(9-7-12)16(19)13-4-5-13/h11-15H,4-10H2,1-3H3/t14-,15-/m0/s1. The minimum Gasteiger partial charge on any atom is -0.378 e. The molecule has 1 amide bonds. The van der Waals surface area contributed by atoms with Crippen molar-refractivity contribution in [3.8, 4) is 0 Å². The molecular weight excluding hydrogens is 252 g/mol. The van der Waals surface area contributed by atoms with E-state index in [1.807, 2.05) is 7.11 Å². The van der Waals surface area contributed by atoms with Gasteiger partial charge in [-0.15, -0.1) is 0 Å². The van der Waals surface area contributed by atoms with Crippen LogP contribution in [-0.2, 0) is 9.53 Å². The topological polar surface area (TPSA) is 32.8 Å². The van der Waals surface area contributed by atoms with Gasteiger partial charge in [0.1, 0.15) is 0 Å². The van der Waals surface area contributed by atoms with Crippen LogP contribution in [0.2, 0.25) is 0 Å². The number of rotatable bonds is 4. The predicted octanol–water partition coefficient (Wildman–Crippen LogP) is 1.74. The Kier molecular flexibility index (Phi) is 4.04. The van der Waals surface area contributed by atoms with Gasteiger partial charge in [-0.05, 0) is 45.4 Å². The van der Waals surface area contributed by atoms with Crippen LogP contribution >= 0.6 is 0 Å². The summed E-state index contributed by atoms with van der Waals surface area (Å²) in [6.07, 6.45) is 4.93. The molecule has 4 nitrogen and oxygen atoms in total. The number of carbonyl (C=O) groups is 1. The third-order valence-electron chi connectivity index (χ3n) is 5.38. The van der Waals surface area contributed by atoms with E-state index in [2.05, 4.69) is 23.6 Å². The Morgan fingerprint density at radius 3 is 2.30 bits per heavy atom. The third-order valence-corrected chi connectivity index (χ3v) is 5.38. The molecule has 0 unspecified atom stereocenters. The number of hydrogen-bond donors (Lipinski definition) is 0. The van der Waals surface area contributed by atoms with Crippen LogP contribution in [0.3, 0.4) is 0 Å². The van der Waals surface area contributed by atoms with Crippen molar-refractivity contribution >= 4 is 5.91 Å². The van der Waals surface area contributed by atoms with Crippen LogP contribution in [0.1, 0.15) is 39.5 Å². The van der Waals surface area contributed by atoms with Crippen molar-refractivity contribution in [1.29, 1.82) is 0 Å². The number of piperidine rings is 1. The molecular formula is C16H28N2O2. The van der Waals surface area contributed by atoms with Crippen molar-refractivity contribution in [3.05, 3.63) is 0 Å². The first-order valence-corrected chi connectivity index (χ1v) is 8.19. The Hall–Kier alpha value is -0.610. The summed E-state index contributed by atoms with van der Waals surface area (Å²) in [5.41, 5.74) is 0. The van der Waals surface area contributed by atoms with Crippen LogP contribution in [0.25, 0.3) is 0 Å². The summed E-state index contributed by atoms with van der Waals surface area (Å²) in [5.74, 6) is 1.48. The van der Waals surface area contributed by atoms with E-state index in [4.69, 9.17) is 4.74 Å². The average Bonchev–Trinajstić information content (AvgIpc) is 3.22. The van der Waals surface area contributed by atoms with E-state index in [0.717, 1.165) is 45.3 Å². The number of likely N-dealkylation sites (tertiary alicyclic amines) is 2. The molecule has 2 aliphatic heterocycles.